The van der Waals surface area contributed by atoms with Crippen LogP contribution in [0.4, 0.5) is 25.2 Å². The van der Waals surface area contributed by atoms with E-state index >= 15 is 0 Å². The summed E-state index contributed by atoms with van der Waals surface area (Å²) in [5.41, 5.74) is 1.31. The van der Waals surface area contributed by atoms with Gasteiger partial charge >= 0.3 is 33.0 Å². The van der Waals surface area contributed by atoms with Crippen molar-refractivity contribution in [3.63, 3.8) is 0 Å². The van der Waals surface area contributed by atoms with E-state index in [9.17, 15) is 25.2 Å². The molecule has 8 heteroatoms. The topological polar surface area (TPSA) is 0 Å². The quantitative estimate of drug-likeness (QED) is 0.226. The summed E-state index contributed by atoms with van der Waals surface area (Å²) < 4.78 is 59.2. The van der Waals surface area contributed by atoms with Crippen molar-refractivity contribution in [3.8, 4) is 0 Å². The van der Waals surface area contributed by atoms with Crippen molar-refractivity contribution in [2.24, 2.45) is 0 Å². The van der Waals surface area contributed by atoms with Crippen LogP contribution in [0.1, 0.15) is 5.56 Å². The van der Waals surface area contributed by atoms with E-state index < -0.39 is 7.81 Å². The van der Waals surface area contributed by atoms with E-state index in [-0.39, 0.29) is 10.9 Å². The van der Waals surface area contributed by atoms with Gasteiger partial charge in [0.05, 0.1) is 10.9 Å². The summed E-state index contributed by atoms with van der Waals surface area (Å²) in [5.74, 6) is 0. The molecule has 0 aliphatic carbocycles. The van der Waals surface area contributed by atoms with Crippen LogP contribution in [0.3, 0.4) is 0 Å². The van der Waals surface area contributed by atoms with Gasteiger partial charge in [-0.15, -0.1) is 0 Å². The van der Waals surface area contributed by atoms with Crippen molar-refractivity contribution in [3.05, 3.63) is 90.5 Å². The van der Waals surface area contributed by atoms with Gasteiger partial charge in [0.2, 0.25) is 0 Å². The van der Waals surface area contributed by atoms with Gasteiger partial charge in [-0.05, 0) is 48.9 Å². The van der Waals surface area contributed by atoms with Crippen molar-refractivity contribution in [1.29, 1.82) is 0 Å². The molecular weight excluding hydrogens is 405 g/mol. The van der Waals surface area contributed by atoms with Gasteiger partial charge < -0.3 is 0 Å². The summed E-state index contributed by atoms with van der Waals surface area (Å²) in [7, 11) is -10.7. The van der Waals surface area contributed by atoms with E-state index in [1.54, 1.807) is 0 Å². The molecule has 0 saturated carbocycles. The molecule has 27 heavy (non-hydrogen) atoms. The maximum absolute atomic E-state index is 10.7. The van der Waals surface area contributed by atoms with Crippen LogP contribution in [0.25, 0.3) is 0 Å². The van der Waals surface area contributed by atoms with Crippen molar-refractivity contribution in [2.75, 3.05) is 0 Å². The Morgan fingerprint density at radius 2 is 0.926 bits per heavy atom. The fraction of sp³-hybridized carbons (Fsp3) is 0.0526. The maximum atomic E-state index is 9.87. The van der Waals surface area contributed by atoms with Crippen LogP contribution in [0.2, 0.25) is 0 Å². The van der Waals surface area contributed by atoms with Gasteiger partial charge in [-0.25, -0.2) is 0 Å². The average molecular weight is 422 g/mol. The van der Waals surface area contributed by atoms with Gasteiger partial charge in [-0.2, -0.15) is 0 Å². The molecule has 3 aromatic carbocycles. The molecule has 0 spiro atoms. The summed E-state index contributed by atoms with van der Waals surface area (Å²) >= 11 is 0. The number of hydrogen-bond acceptors (Lipinski definition) is 0. The molecule has 0 fully saturated rings. The van der Waals surface area contributed by atoms with Crippen LogP contribution in [-0.2, 0) is 10.9 Å². The number of hydrogen-bond donors (Lipinski definition) is 0. The molecule has 0 aliphatic rings. The third-order valence-corrected chi connectivity index (χ3v) is 5.40. The first kappa shape index (κ1) is 21.3. The standard InChI is InChI=1S/C19H17S.F6P/c1-16-9-8-14-19(15-16)20(17-10-4-2-5-11-17)18-12-6-3-7-13-18;1-7(2,3,4,5)6/h2-15H,1H3;/q+1;-1. The van der Waals surface area contributed by atoms with Gasteiger partial charge in [0, 0.05) is 0 Å². The van der Waals surface area contributed by atoms with Gasteiger partial charge in [-0.1, -0.05) is 48.5 Å². The minimum absolute atomic E-state index is 0.0249. The zero-order chi connectivity index (χ0) is 20.2. The Morgan fingerprint density at radius 1 is 0.556 bits per heavy atom. The first-order chi connectivity index (χ1) is 12.3. The second kappa shape index (κ2) is 7.21. The summed E-state index contributed by atoms with van der Waals surface area (Å²) in [4.78, 5) is 4.11. The van der Waals surface area contributed by atoms with E-state index in [1.165, 1.54) is 20.2 Å². The molecule has 3 aromatic rings. The normalized spacial score (nSPS) is 13.9. The van der Waals surface area contributed by atoms with Crippen molar-refractivity contribution in [2.45, 2.75) is 21.6 Å². The van der Waals surface area contributed by atoms with Gasteiger partial charge in [0.1, 0.15) is 0 Å². The fourth-order valence-corrected chi connectivity index (χ4v) is 4.46. The van der Waals surface area contributed by atoms with Gasteiger partial charge in [0.25, 0.3) is 0 Å². The monoisotopic (exact) mass is 422 g/mol. The van der Waals surface area contributed by atoms with Gasteiger partial charge in [0.15, 0.2) is 14.7 Å². The molecule has 0 aromatic heterocycles. The van der Waals surface area contributed by atoms with E-state index in [0.717, 1.165) is 0 Å². The predicted octanol–water partition coefficient (Wildman–Crippen LogP) is 8.47. The number of benzene rings is 3. The van der Waals surface area contributed by atoms with E-state index in [0.29, 0.717) is 0 Å². The molecule has 0 radical (unpaired) electrons. The van der Waals surface area contributed by atoms with Crippen molar-refractivity contribution >= 4 is 18.7 Å². The number of halogens is 6. The Labute approximate surface area is 156 Å². The van der Waals surface area contributed by atoms with Crippen LogP contribution in [0, 0.1) is 6.92 Å². The molecule has 3 rings (SSSR count). The molecule has 0 nitrogen and oxygen atoms in total. The molecule has 0 atom stereocenters. The summed E-state index contributed by atoms with van der Waals surface area (Å²) in [6.45, 7) is 2.15. The van der Waals surface area contributed by atoms with Crippen LogP contribution in [0.15, 0.2) is 99.6 Å². The number of aryl methyl sites for hydroxylation is 1. The third kappa shape index (κ3) is 8.98. The molecule has 0 heterocycles. The Balaban J connectivity index is 0.000000321. The first-order valence-corrected chi connectivity index (χ1v) is 11.0. The van der Waals surface area contributed by atoms with Crippen LogP contribution in [0.5, 0.6) is 0 Å². The number of rotatable bonds is 3. The average Bonchev–Trinajstić information content (AvgIpc) is 2.54. The first-order valence-electron chi connectivity index (χ1n) is 7.77. The summed E-state index contributed by atoms with van der Waals surface area (Å²) in [6, 6.07) is 30.3. The Hall–Kier alpha value is -1.98. The minimum atomic E-state index is -10.7. The van der Waals surface area contributed by atoms with Crippen LogP contribution in [-0.4, -0.2) is 0 Å². The molecule has 0 amide bonds. The molecule has 0 unspecified atom stereocenters. The summed E-state index contributed by atoms with van der Waals surface area (Å²) in [6.07, 6.45) is 0. The van der Waals surface area contributed by atoms with E-state index in [1.807, 2.05) is 0 Å². The van der Waals surface area contributed by atoms with Crippen molar-refractivity contribution in [1.82, 2.24) is 0 Å². The molecule has 0 bridgehead atoms. The molecule has 146 valence electrons. The zero-order valence-electron chi connectivity index (χ0n) is 14.2. The van der Waals surface area contributed by atoms with Crippen molar-refractivity contribution < 1.29 is 25.2 Å². The van der Waals surface area contributed by atoms with Crippen LogP contribution >= 0.6 is 7.81 Å². The van der Waals surface area contributed by atoms with Crippen LogP contribution < -0.4 is 0 Å². The Morgan fingerprint density at radius 3 is 1.30 bits per heavy atom. The Bertz CT molecular complexity index is 830. The van der Waals surface area contributed by atoms with E-state index in [2.05, 4.69) is 91.9 Å². The fourth-order valence-electron chi connectivity index (χ4n) is 2.26. The second-order valence-electron chi connectivity index (χ2n) is 5.71. The van der Waals surface area contributed by atoms with E-state index in [4.69, 9.17) is 0 Å². The molecule has 0 N–H and O–H groups in total. The molecule has 0 saturated heterocycles. The predicted molar refractivity (Wildman–Crippen MR) is 99.8 cm³/mol. The molecule has 0 aliphatic heterocycles. The molecular formula is C19H17F6PS. The Kier molecular flexibility index (Phi) is 5.69. The SMILES string of the molecule is Cc1cccc([S+](c2ccccc2)c2ccccc2)c1.F[P-](F)(F)(F)(F)F. The van der Waals surface area contributed by atoms with Gasteiger partial charge in [-0.3, -0.25) is 0 Å². The summed E-state index contributed by atoms with van der Waals surface area (Å²) in [5, 5.41) is 0. The zero-order valence-corrected chi connectivity index (χ0v) is 15.9. The third-order valence-electron chi connectivity index (χ3n) is 3.18. The second-order valence-corrected chi connectivity index (χ2v) is 9.65.